The number of carbonyl (C=O) groups excluding carboxylic acids is 1. The summed E-state index contributed by atoms with van der Waals surface area (Å²) in [6, 6.07) is 5.63. The van der Waals surface area contributed by atoms with Crippen molar-refractivity contribution < 1.29 is 4.79 Å². The van der Waals surface area contributed by atoms with E-state index in [-0.39, 0.29) is 5.91 Å². The third-order valence-electron chi connectivity index (χ3n) is 2.71. The Morgan fingerprint density at radius 1 is 1.50 bits per heavy atom. The van der Waals surface area contributed by atoms with Gasteiger partial charge in [0.1, 0.15) is 0 Å². The van der Waals surface area contributed by atoms with E-state index in [4.69, 9.17) is 17.3 Å². The van der Waals surface area contributed by atoms with Gasteiger partial charge in [-0.1, -0.05) is 30.7 Å². The van der Waals surface area contributed by atoms with Gasteiger partial charge in [0, 0.05) is 20.1 Å². The van der Waals surface area contributed by atoms with Crippen LogP contribution in [0.25, 0.3) is 0 Å². The number of likely N-dealkylation sites (N-methyl/N-ethyl adjacent to an activating group) is 1. The molecule has 1 rings (SSSR count). The lowest BCUT2D eigenvalue weighted by Gasteiger charge is -2.26. The quantitative estimate of drug-likeness (QED) is 0.827. The highest BCUT2D eigenvalue weighted by molar-refractivity contribution is 6.33. The Balaban J connectivity index is 3.07. The van der Waals surface area contributed by atoms with Gasteiger partial charge >= 0.3 is 0 Å². The number of nitrogens with two attached hydrogens (primary N) is 1. The van der Waals surface area contributed by atoms with Crippen molar-refractivity contribution in [3.63, 3.8) is 0 Å². The minimum absolute atomic E-state index is 0.0358. The Morgan fingerprint density at radius 3 is 2.78 bits per heavy atom. The van der Waals surface area contributed by atoms with Gasteiger partial charge in [0.05, 0.1) is 17.3 Å². The molecule has 0 saturated carbocycles. The number of para-hydroxylation sites is 1. The minimum Gasteiger partial charge on any atom is -0.361 e. The monoisotopic (exact) mass is 269 g/mol. The van der Waals surface area contributed by atoms with Crippen LogP contribution in [0, 0.1) is 0 Å². The molecule has 0 aliphatic rings. The van der Waals surface area contributed by atoms with Crippen molar-refractivity contribution in [2.75, 3.05) is 25.0 Å². The van der Waals surface area contributed by atoms with Gasteiger partial charge in [-0.15, -0.1) is 0 Å². The highest BCUT2D eigenvalue weighted by Gasteiger charge is 2.16. The Kier molecular flexibility index (Phi) is 5.95. The molecule has 0 aromatic heterocycles. The second-order valence-corrected chi connectivity index (χ2v) is 4.45. The van der Waals surface area contributed by atoms with Crippen LogP contribution in [-0.4, -0.2) is 26.0 Å². The zero-order valence-corrected chi connectivity index (χ0v) is 11.6. The van der Waals surface area contributed by atoms with Crippen LogP contribution in [0.1, 0.15) is 18.9 Å². The van der Waals surface area contributed by atoms with Crippen LogP contribution in [0.3, 0.4) is 0 Å². The first-order valence-corrected chi connectivity index (χ1v) is 6.44. The molecule has 0 unspecified atom stereocenters. The van der Waals surface area contributed by atoms with E-state index in [0.717, 1.165) is 24.2 Å². The smallest absolute Gasteiger partial charge is 0.239 e. The first-order chi connectivity index (χ1) is 8.63. The van der Waals surface area contributed by atoms with E-state index in [2.05, 4.69) is 12.2 Å². The van der Waals surface area contributed by atoms with E-state index < -0.39 is 0 Å². The zero-order chi connectivity index (χ0) is 13.5. The predicted octanol–water partition coefficient (Wildman–Crippen LogP) is 1.76. The van der Waals surface area contributed by atoms with Gasteiger partial charge in [-0.3, -0.25) is 4.79 Å². The second kappa shape index (κ2) is 7.24. The molecular formula is C13H20ClN3O. The fraction of sp³-hybridized carbons (Fsp3) is 0.462. The topological polar surface area (TPSA) is 58.4 Å². The number of benzene rings is 1. The average Bonchev–Trinajstić information content (AvgIpc) is 2.37. The van der Waals surface area contributed by atoms with Gasteiger partial charge in [-0.2, -0.15) is 0 Å². The summed E-state index contributed by atoms with van der Waals surface area (Å²) in [7, 11) is 1.63. The van der Waals surface area contributed by atoms with Gasteiger partial charge in [-0.05, 0) is 18.1 Å². The van der Waals surface area contributed by atoms with Gasteiger partial charge in [0.2, 0.25) is 5.91 Å². The number of amides is 1. The number of rotatable bonds is 6. The van der Waals surface area contributed by atoms with Crippen LogP contribution < -0.4 is 16.0 Å². The average molecular weight is 270 g/mol. The molecule has 4 nitrogen and oxygen atoms in total. The number of nitrogens with zero attached hydrogens (tertiary/aromatic N) is 1. The summed E-state index contributed by atoms with van der Waals surface area (Å²) in [6.45, 7) is 3.53. The summed E-state index contributed by atoms with van der Waals surface area (Å²) in [5.74, 6) is -0.0358. The minimum atomic E-state index is -0.0358. The highest BCUT2D eigenvalue weighted by Crippen LogP contribution is 2.29. The molecule has 0 aliphatic carbocycles. The van der Waals surface area contributed by atoms with Gasteiger partial charge in [0.15, 0.2) is 0 Å². The molecule has 0 fully saturated rings. The molecule has 0 bridgehead atoms. The van der Waals surface area contributed by atoms with E-state index in [0.29, 0.717) is 18.1 Å². The maximum Gasteiger partial charge on any atom is 0.239 e. The molecule has 0 radical (unpaired) electrons. The predicted molar refractivity (Wildman–Crippen MR) is 75.9 cm³/mol. The lowest BCUT2D eigenvalue weighted by molar-refractivity contribution is -0.119. The molecule has 100 valence electrons. The normalized spacial score (nSPS) is 10.2. The van der Waals surface area contributed by atoms with Crippen molar-refractivity contribution in [3.8, 4) is 0 Å². The second-order valence-electron chi connectivity index (χ2n) is 4.05. The fourth-order valence-corrected chi connectivity index (χ4v) is 2.18. The van der Waals surface area contributed by atoms with Crippen LogP contribution in [0.2, 0.25) is 5.02 Å². The third-order valence-corrected chi connectivity index (χ3v) is 3.02. The van der Waals surface area contributed by atoms with Crippen molar-refractivity contribution >= 4 is 23.2 Å². The molecule has 0 atom stereocenters. The van der Waals surface area contributed by atoms with Gasteiger partial charge < -0.3 is 16.0 Å². The molecule has 1 aromatic rings. The number of carbonyl (C=O) groups is 1. The summed E-state index contributed by atoms with van der Waals surface area (Å²) in [5, 5.41) is 3.26. The molecule has 0 aliphatic heterocycles. The maximum absolute atomic E-state index is 11.6. The summed E-state index contributed by atoms with van der Waals surface area (Å²) in [6.07, 6.45) is 0.937. The molecule has 5 heteroatoms. The summed E-state index contributed by atoms with van der Waals surface area (Å²) in [5.41, 5.74) is 7.56. The first-order valence-electron chi connectivity index (χ1n) is 6.07. The molecule has 0 saturated heterocycles. The molecule has 3 N–H and O–H groups in total. The van der Waals surface area contributed by atoms with E-state index in [1.54, 1.807) is 7.05 Å². The first kappa shape index (κ1) is 14.8. The van der Waals surface area contributed by atoms with Gasteiger partial charge in [0.25, 0.3) is 0 Å². The number of nitrogens with one attached hydrogen (secondary N) is 1. The maximum atomic E-state index is 11.6. The van der Waals surface area contributed by atoms with E-state index in [9.17, 15) is 4.79 Å². The van der Waals surface area contributed by atoms with E-state index >= 15 is 0 Å². The standard InChI is InChI=1S/C13H20ClN3O/c1-3-7-17(9-12(18)16-2)13-10(8-15)5-4-6-11(13)14/h4-6H,3,7-9,15H2,1-2H3,(H,16,18). The molecule has 0 spiro atoms. The Morgan fingerprint density at radius 2 is 2.22 bits per heavy atom. The zero-order valence-electron chi connectivity index (χ0n) is 10.9. The number of halogens is 1. The number of hydrogen-bond donors (Lipinski definition) is 2. The van der Waals surface area contributed by atoms with Crippen LogP contribution in [0.5, 0.6) is 0 Å². The van der Waals surface area contributed by atoms with Crippen molar-refractivity contribution in [1.82, 2.24) is 5.32 Å². The third kappa shape index (κ3) is 3.62. The van der Waals surface area contributed by atoms with Crippen LogP contribution in [0.15, 0.2) is 18.2 Å². The fourth-order valence-electron chi connectivity index (χ4n) is 1.87. The van der Waals surface area contributed by atoms with Crippen LogP contribution in [0.4, 0.5) is 5.69 Å². The summed E-state index contributed by atoms with van der Waals surface area (Å²) in [4.78, 5) is 13.5. The van der Waals surface area contributed by atoms with Gasteiger partial charge in [-0.25, -0.2) is 0 Å². The molecule has 1 aromatic carbocycles. The molecule has 18 heavy (non-hydrogen) atoms. The van der Waals surface area contributed by atoms with Crippen LogP contribution in [-0.2, 0) is 11.3 Å². The van der Waals surface area contributed by atoms with Crippen LogP contribution >= 0.6 is 11.6 Å². The molecular weight excluding hydrogens is 250 g/mol. The SMILES string of the molecule is CCCN(CC(=O)NC)c1c(Cl)cccc1CN. The molecule has 1 amide bonds. The molecule has 0 heterocycles. The van der Waals surface area contributed by atoms with E-state index in [1.807, 2.05) is 23.1 Å². The lowest BCUT2D eigenvalue weighted by Crippen LogP contribution is -2.37. The largest absolute Gasteiger partial charge is 0.361 e. The Labute approximate surface area is 113 Å². The van der Waals surface area contributed by atoms with Crippen molar-refractivity contribution in [2.45, 2.75) is 19.9 Å². The van der Waals surface area contributed by atoms with Crippen molar-refractivity contribution in [2.24, 2.45) is 5.73 Å². The Hall–Kier alpha value is -1.26. The number of hydrogen-bond acceptors (Lipinski definition) is 3. The summed E-state index contributed by atoms with van der Waals surface area (Å²) < 4.78 is 0. The number of anilines is 1. The highest BCUT2D eigenvalue weighted by atomic mass is 35.5. The van der Waals surface area contributed by atoms with Crippen molar-refractivity contribution in [1.29, 1.82) is 0 Å². The van der Waals surface area contributed by atoms with E-state index in [1.165, 1.54) is 0 Å². The Bertz CT molecular complexity index is 409. The van der Waals surface area contributed by atoms with Crippen molar-refractivity contribution in [3.05, 3.63) is 28.8 Å². The summed E-state index contributed by atoms with van der Waals surface area (Å²) >= 11 is 6.24. The lowest BCUT2D eigenvalue weighted by atomic mass is 10.1.